The number of hydrogen-bond acceptors (Lipinski definition) is 7. The third-order valence-electron chi connectivity index (χ3n) is 6.94. The van der Waals surface area contributed by atoms with Gasteiger partial charge in [0, 0.05) is 35.9 Å². The number of benzene rings is 2. The molecule has 14 heteroatoms. The Labute approximate surface area is 221 Å². The zero-order valence-electron chi connectivity index (χ0n) is 20.2. The normalized spacial score (nSPS) is 18.9. The molecule has 2 amide bonds. The van der Waals surface area contributed by atoms with Crippen LogP contribution in [0.2, 0.25) is 0 Å². The number of halogens is 5. The maximum Gasteiger partial charge on any atom is 0.253 e. The van der Waals surface area contributed by atoms with Gasteiger partial charge in [-0.1, -0.05) is 0 Å². The number of anilines is 1. The van der Waals surface area contributed by atoms with Crippen LogP contribution in [0.15, 0.2) is 42.7 Å². The molecule has 1 fully saturated rings. The summed E-state index contributed by atoms with van der Waals surface area (Å²) >= 11 is 0. The molecular formula is C26H17F5N6O3. The van der Waals surface area contributed by atoms with Crippen molar-refractivity contribution in [2.45, 2.75) is 31.3 Å². The van der Waals surface area contributed by atoms with Gasteiger partial charge in [0.2, 0.25) is 17.4 Å². The average Bonchev–Trinajstić information content (AvgIpc) is 3.63. The highest BCUT2D eigenvalue weighted by atomic mass is 19.2. The van der Waals surface area contributed by atoms with E-state index in [1.807, 2.05) is 0 Å². The fourth-order valence-electron chi connectivity index (χ4n) is 5.11. The van der Waals surface area contributed by atoms with Gasteiger partial charge in [-0.25, -0.2) is 27.8 Å². The van der Waals surface area contributed by atoms with Gasteiger partial charge < -0.3 is 10.5 Å². The van der Waals surface area contributed by atoms with Crippen molar-refractivity contribution in [2.75, 3.05) is 5.73 Å². The summed E-state index contributed by atoms with van der Waals surface area (Å²) in [7, 11) is 0. The second kappa shape index (κ2) is 9.39. The van der Waals surface area contributed by atoms with Crippen LogP contribution in [-0.2, 0) is 9.59 Å². The van der Waals surface area contributed by atoms with Gasteiger partial charge in [0.05, 0.1) is 11.4 Å². The molecule has 0 bridgehead atoms. The Morgan fingerprint density at radius 2 is 1.55 bits per heavy atom. The van der Waals surface area contributed by atoms with Gasteiger partial charge >= 0.3 is 0 Å². The number of imide groups is 1. The van der Waals surface area contributed by atoms with Gasteiger partial charge in [-0.2, -0.15) is 13.9 Å². The molecule has 0 spiro atoms. The Morgan fingerprint density at radius 3 is 2.23 bits per heavy atom. The summed E-state index contributed by atoms with van der Waals surface area (Å²) in [5.41, 5.74) is 6.37. The highest BCUT2D eigenvalue weighted by Crippen LogP contribution is 2.40. The van der Waals surface area contributed by atoms with Crippen LogP contribution in [0.25, 0.3) is 22.3 Å². The van der Waals surface area contributed by atoms with Crippen LogP contribution in [0.5, 0.6) is 11.5 Å². The monoisotopic (exact) mass is 556 g/mol. The van der Waals surface area contributed by atoms with E-state index in [4.69, 9.17) is 10.5 Å². The molecule has 0 radical (unpaired) electrons. The van der Waals surface area contributed by atoms with Crippen molar-refractivity contribution < 1.29 is 36.3 Å². The van der Waals surface area contributed by atoms with Crippen molar-refractivity contribution in [3.05, 3.63) is 71.8 Å². The van der Waals surface area contributed by atoms with Crippen molar-refractivity contribution in [3.8, 4) is 22.8 Å². The summed E-state index contributed by atoms with van der Waals surface area (Å²) in [5, 5.41) is 4.79. The molecule has 9 nitrogen and oxygen atoms in total. The molecule has 6 rings (SSSR count). The van der Waals surface area contributed by atoms with Crippen LogP contribution in [-0.4, -0.2) is 42.5 Å². The highest BCUT2D eigenvalue weighted by Gasteiger charge is 2.38. The predicted molar refractivity (Wildman–Crippen MR) is 129 cm³/mol. The Kier molecular flexibility index (Phi) is 5.97. The number of carbonyl (C=O) groups is 2. The van der Waals surface area contributed by atoms with Gasteiger partial charge in [0.1, 0.15) is 29.4 Å². The smallest absolute Gasteiger partial charge is 0.253 e. The van der Waals surface area contributed by atoms with E-state index in [1.54, 1.807) is 4.68 Å². The summed E-state index contributed by atoms with van der Waals surface area (Å²) in [6, 6.07) is 2.46. The van der Waals surface area contributed by atoms with Crippen LogP contribution in [0.4, 0.5) is 27.8 Å². The standard InChI is InChI=1S/C26H17F5N6O3/c27-15-8-13(40-24-21(30)16(28)9-17(29)22(24)31)3-4-14(15)23-20-25(32)33-10-34-26(20)37(35-23)12-2-1-11(7-12)36-18(38)5-6-19(36)39/h3-6,8-12H,1-2,7H2,(H2,32,33,34). The zero-order chi connectivity index (χ0) is 28.3. The summed E-state index contributed by atoms with van der Waals surface area (Å²) < 4.78 is 77.0. The van der Waals surface area contributed by atoms with E-state index >= 15 is 4.39 Å². The van der Waals surface area contributed by atoms with Crippen molar-refractivity contribution in [3.63, 3.8) is 0 Å². The number of rotatable bonds is 5. The molecule has 0 saturated heterocycles. The van der Waals surface area contributed by atoms with Crippen LogP contribution in [0.3, 0.4) is 0 Å². The number of aromatic nitrogens is 4. The van der Waals surface area contributed by atoms with E-state index in [9.17, 15) is 27.2 Å². The Hall–Kier alpha value is -4.88. The van der Waals surface area contributed by atoms with Gasteiger partial charge in [0.15, 0.2) is 17.3 Å². The predicted octanol–water partition coefficient (Wildman–Crippen LogP) is 4.58. The largest absolute Gasteiger partial charge is 0.451 e. The van der Waals surface area contributed by atoms with Gasteiger partial charge in [-0.05, 0) is 31.4 Å². The second-order valence-corrected chi connectivity index (χ2v) is 9.29. The molecular weight excluding hydrogens is 539 g/mol. The lowest BCUT2D eigenvalue weighted by Gasteiger charge is -2.22. The molecule has 2 atom stereocenters. The van der Waals surface area contributed by atoms with E-state index in [2.05, 4.69) is 15.1 Å². The molecule has 4 aromatic rings. The molecule has 2 N–H and O–H groups in total. The quantitative estimate of drug-likeness (QED) is 0.217. The molecule has 40 heavy (non-hydrogen) atoms. The minimum absolute atomic E-state index is 0.00833. The van der Waals surface area contributed by atoms with Crippen LogP contribution in [0.1, 0.15) is 25.3 Å². The van der Waals surface area contributed by atoms with Crippen molar-refractivity contribution in [2.24, 2.45) is 0 Å². The minimum Gasteiger partial charge on any atom is -0.451 e. The summed E-state index contributed by atoms with van der Waals surface area (Å²) in [4.78, 5) is 33.7. The minimum atomic E-state index is -1.78. The average molecular weight is 556 g/mol. The topological polar surface area (TPSA) is 116 Å². The highest BCUT2D eigenvalue weighted by molar-refractivity contribution is 6.13. The third-order valence-corrected chi connectivity index (χ3v) is 6.94. The van der Waals surface area contributed by atoms with E-state index in [1.165, 1.54) is 29.4 Å². The maximum absolute atomic E-state index is 15.4. The lowest BCUT2D eigenvalue weighted by molar-refractivity contribution is -0.139. The lowest BCUT2D eigenvalue weighted by atomic mass is 10.1. The molecule has 1 aliphatic carbocycles. The van der Waals surface area contributed by atoms with Gasteiger partial charge in [0.25, 0.3) is 11.8 Å². The molecule has 2 aliphatic rings. The fraction of sp³-hybridized carbons (Fsp3) is 0.192. The number of nitrogens with zero attached hydrogens (tertiary/aromatic N) is 5. The van der Waals surface area contributed by atoms with Gasteiger partial charge in [-0.3, -0.25) is 14.5 Å². The summed E-state index contributed by atoms with van der Waals surface area (Å²) in [6.07, 6.45) is 5.10. The van der Waals surface area contributed by atoms with E-state index in [-0.39, 0.29) is 40.6 Å². The number of nitrogen functional groups attached to an aromatic ring is 1. The van der Waals surface area contributed by atoms with Crippen molar-refractivity contribution in [1.82, 2.24) is 24.6 Å². The van der Waals surface area contributed by atoms with Gasteiger partial charge in [-0.15, -0.1) is 0 Å². The number of nitrogens with two attached hydrogens (primary N) is 1. The number of carbonyl (C=O) groups excluding carboxylic acids is 2. The Bertz CT molecular complexity index is 1710. The van der Waals surface area contributed by atoms with E-state index in [0.29, 0.717) is 24.9 Å². The van der Waals surface area contributed by atoms with Crippen LogP contribution < -0.4 is 10.5 Å². The number of fused-ring (bicyclic) bond motifs is 1. The van der Waals surface area contributed by atoms with E-state index < -0.39 is 52.4 Å². The third kappa shape index (κ3) is 4.03. The molecule has 2 aromatic heterocycles. The molecule has 3 heterocycles. The second-order valence-electron chi connectivity index (χ2n) is 9.29. The SMILES string of the molecule is Nc1ncnc2c1c(-c1ccc(Oc3c(F)c(F)cc(F)c3F)cc1F)nn2C1CCC(N2C(=O)C=CC2=O)C1. The molecule has 2 aromatic carbocycles. The first kappa shape index (κ1) is 25.4. The first-order chi connectivity index (χ1) is 19.1. The molecule has 1 saturated carbocycles. The Morgan fingerprint density at radius 1 is 0.875 bits per heavy atom. The van der Waals surface area contributed by atoms with Crippen molar-refractivity contribution >= 4 is 28.7 Å². The van der Waals surface area contributed by atoms with E-state index in [0.717, 1.165) is 12.1 Å². The summed E-state index contributed by atoms with van der Waals surface area (Å²) in [5.74, 6) is -10.4. The first-order valence-electron chi connectivity index (χ1n) is 12.0. The lowest BCUT2D eigenvalue weighted by Crippen LogP contribution is -2.38. The Balaban J connectivity index is 1.35. The van der Waals surface area contributed by atoms with Crippen LogP contribution >= 0.6 is 0 Å². The number of ether oxygens (including phenoxy) is 1. The number of amides is 2. The molecule has 2 unspecified atom stereocenters. The fourth-order valence-corrected chi connectivity index (χ4v) is 5.11. The van der Waals surface area contributed by atoms with Crippen LogP contribution in [0, 0.1) is 29.1 Å². The first-order valence-corrected chi connectivity index (χ1v) is 12.0. The van der Waals surface area contributed by atoms with Crippen molar-refractivity contribution in [1.29, 1.82) is 0 Å². The zero-order valence-corrected chi connectivity index (χ0v) is 20.2. The molecule has 1 aliphatic heterocycles. The molecule has 204 valence electrons. The number of hydrogen-bond donors (Lipinski definition) is 1. The maximum atomic E-state index is 15.4. The summed E-state index contributed by atoms with van der Waals surface area (Å²) in [6.45, 7) is 0.